The largest absolute Gasteiger partial charge is 0.497 e. The molecule has 1 aromatic rings. The molecule has 0 bridgehead atoms. The summed E-state index contributed by atoms with van der Waals surface area (Å²) in [7, 11) is 3.52. The second kappa shape index (κ2) is 6.40. The summed E-state index contributed by atoms with van der Waals surface area (Å²) < 4.78 is 5.06. The predicted molar refractivity (Wildman–Crippen MR) is 73.0 cm³/mol. The molecule has 1 aromatic carbocycles. The van der Waals surface area contributed by atoms with Crippen molar-refractivity contribution in [3.05, 3.63) is 29.8 Å². The van der Waals surface area contributed by atoms with E-state index in [0.29, 0.717) is 12.1 Å². The highest BCUT2D eigenvalue weighted by Crippen LogP contribution is 2.13. The van der Waals surface area contributed by atoms with E-state index in [1.54, 1.807) is 31.4 Å². The third kappa shape index (κ3) is 4.37. The molecule has 0 saturated heterocycles. The molecule has 18 heavy (non-hydrogen) atoms. The molecule has 0 aliphatic heterocycles. The molecule has 4 nitrogen and oxygen atoms in total. The Bertz CT molecular complexity index is 385. The van der Waals surface area contributed by atoms with Crippen molar-refractivity contribution >= 4 is 5.91 Å². The molecule has 0 aliphatic carbocycles. The first-order valence-electron chi connectivity index (χ1n) is 6.05. The molecule has 0 fully saturated rings. The van der Waals surface area contributed by atoms with E-state index in [1.807, 2.05) is 7.05 Å². The molecule has 4 heteroatoms. The van der Waals surface area contributed by atoms with Gasteiger partial charge in [-0.15, -0.1) is 0 Å². The van der Waals surface area contributed by atoms with Gasteiger partial charge in [-0.3, -0.25) is 4.79 Å². The first-order valence-corrected chi connectivity index (χ1v) is 6.05. The van der Waals surface area contributed by atoms with Crippen molar-refractivity contribution in [2.75, 3.05) is 27.2 Å². The maximum Gasteiger partial charge on any atom is 0.251 e. The summed E-state index contributed by atoms with van der Waals surface area (Å²) in [6, 6.07) is 7.10. The first kappa shape index (κ1) is 14.5. The van der Waals surface area contributed by atoms with Gasteiger partial charge in [0.25, 0.3) is 5.91 Å². The summed E-state index contributed by atoms with van der Waals surface area (Å²) in [5.74, 6) is 0.698. The highest BCUT2D eigenvalue weighted by Gasteiger charge is 2.18. The van der Waals surface area contributed by atoms with Crippen molar-refractivity contribution < 1.29 is 9.53 Å². The van der Waals surface area contributed by atoms with Crippen LogP contribution in [0.25, 0.3) is 0 Å². The number of rotatable bonds is 6. The van der Waals surface area contributed by atoms with Crippen LogP contribution in [0.5, 0.6) is 5.75 Å². The monoisotopic (exact) mass is 250 g/mol. The molecule has 0 saturated carbocycles. The third-order valence-corrected chi connectivity index (χ3v) is 2.74. The lowest BCUT2D eigenvalue weighted by Gasteiger charge is -2.24. The first-order chi connectivity index (χ1) is 8.48. The van der Waals surface area contributed by atoms with Gasteiger partial charge in [-0.25, -0.2) is 0 Å². The number of ether oxygens (including phenoxy) is 1. The van der Waals surface area contributed by atoms with E-state index in [0.717, 1.165) is 12.3 Å². The zero-order chi connectivity index (χ0) is 13.6. The second-order valence-electron chi connectivity index (χ2n) is 5.11. The van der Waals surface area contributed by atoms with E-state index in [-0.39, 0.29) is 11.3 Å². The maximum absolute atomic E-state index is 11.9. The molecule has 0 heterocycles. The Balaban J connectivity index is 2.54. The molecular weight excluding hydrogens is 228 g/mol. The SMILES string of the molecule is CNCC(C)(C)CNC(=O)c1ccc(OC)cc1. The highest BCUT2D eigenvalue weighted by atomic mass is 16.5. The van der Waals surface area contributed by atoms with Crippen LogP contribution in [-0.2, 0) is 0 Å². The zero-order valence-electron chi connectivity index (χ0n) is 11.5. The molecule has 0 aliphatic rings. The fourth-order valence-corrected chi connectivity index (χ4v) is 1.71. The Kier molecular flexibility index (Phi) is 5.16. The van der Waals surface area contributed by atoms with Crippen molar-refractivity contribution in [2.45, 2.75) is 13.8 Å². The van der Waals surface area contributed by atoms with Crippen LogP contribution in [0.1, 0.15) is 24.2 Å². The molecule has 0 atom stereocenters. The van der Waals surface area contributed by atoms with Gasteiger partial charge >= 0.3 is 0 Å². The van der Waals surface area contributed by atoms with Crippen LogP contribution in [0.2, 0.25) is 0 Å². The fraction of sp³-hybridized carbons (Fsp3) is 0.500. The van der Waals surface area contributed by atoms with E-state index in [2.05, 4.69) is 24.5 Å². The topological polar surface area (TPSA) is 50.4 Å². The van der Waals surface area contributed by atoms with E-state index >= 15 is 0 Å². The summed E-state index contributed by atoms with van der Waals surface area (Å²) in [4.78, 5) is 11.9. The van der Waals surface area contributed by atoms with E-state index in [1.165, 1.54) is 0 Å². The molecule has 2 N–H and O–H groups in total. The molecule has 1 amide bonds. The third-order valence-electron chi connectivity index (χ3n) is 2.74. The van der Waals surface area contributed by atoms with Crippen molar-refractivity contribution in [2.24, 2.45) is 5.41 Å². The number of carbonyl (C=O) groups is 1. The van der Waals surface area contributed by atoms with Crippen LogP contribution >= 0.6 is 0 Å². The van der Waals surface area contributed by atoms with Crippen LogP contribution in [0, 0.1) is 5.41 Å². The highest BCUT2D eigenvalue weighted by molar-refractivity contribution is 5.94. The van der Waals surface area contributed by atoms with Crippen LogP contribution in [0.4, 0.5) is 0 Å². The molecule has 0 radical (unpaired) electrons. The Hall–Kier alpha value is -1.55. The van der Waals surface area contributed by atoms with Gasteiger partial charge in [0, 0.05) is 18.7 Å². The molecule has 1 rings (SSSR count). The minimum atomic E-state index is -0.0539. The van der Waals surface area contributed by atoms with Crippen LogP contribution in [-0.4, -0.2) is 33.2 Å². The zero-order valence-corrected chi connectivity index (χ0v) is 11.5. The average molecular weight is 250 g/mol. The summed E-state index contributed by atoms with van der Waals surface area (Å²) >= 11 is 0. The summed E-state index contributed by atoms with van der Waals surface area (Å²) in [6.45, 7) is 5.71. The number of amides is 1. The number of benzene rings is 1. The van der Waals surface area contributed by atoms with E-state index in [9.17, 15) is 4.79 Å². The Morgan fingerprint density at radius 3 is 2.33 bits per heavy atom. The van der Waals surface area contributed by atoms with Crippen molar-refractivity contribution in [1.82, 2.24) is 10.6 Å². The molecular formula is C14H22N2O2. The van der Waals surface area contributed by atoms with Gasteiger partial charge in [-0.2, -0.15) is 0 Å². The number of hydrogen-bond acceptors (Lipinski definition) is 3. The average Bonchev–Trinajstić information content (AvgIpc) is 2.36. The second-order valence-corrected chi connectivity index (χ2v) is 5.11. The number of carbonyl (C=O) groups excluding carboxylic acids is 1. The fourth-order valence-electron chi connectivity index (χ4n) is 1.71. The lowest BCUT2D eigenvalue weighted by atomic mass is 9.93. The van der Waals surface area contributed by atoms with Gasteiger partial charge in [0.1, 0.15) is 5.75 Å². The Labute approximate surface area is 109 Å². The van der Waals surface area contributed by atoms with Gasteiger partial charge in [-0.1, -0.05) is 13.8 Å². The quantitative estimate of drug-likeness (QED) is 0.807. The lowest BCUT2D eigenvalue weighted by Crippen LogP contribution is -2.39. The van der Waals surface area contributed by atoms with Gasteiger partial charge < -0.3 is 15.4 Å². The molecule has 0 unspecified atom stereocenters. The predicted octanol–water partition coefficient (Wildman–Crippen LogP) is 1.67. The lowest BCUT2D eigenvalue weighted by molar-refractivity contribution is 0.0936. The van der Waals surface area contributed by atoms with E-state index in [4.69, 9.17) is 4.74 Å². The smallest absolute Gasteiger partial charge is 0.251 e. The minimum Gasteiger partial charge on any atom is -0.497 e. The summed E-state index contributed by atoms with van der Waals surface area (Å²) in [5.41, 5.74) is 0.688. The number of methoxy groups -OCH3 is 1. The van der Waals surface area contributed by atoms with Crippen molar-refractivity contribution in [3.63, 3.8) is 0 Å². The van der Waals surface area contributed by atoms with Gasteiger partial charge in [0.2, 0.25) is 0 Å². The molecule has 100 valence electrons. The summed E-state index contributed by atoms with van der Waals surface area (Å²) in [5, 5.41) is 6.06. The molecule has 0 aromatic heterocycles. The van der Waals surface area contributed by atoms with Gasteiger partial charge in [-0.05, 0) is 36.7 Å². The van der Waals surface area contributed by atoms with Gasteiger partial charge in [0.15, 0.2) is 0 Å². The standard InChI is InChI=1S/C14H22N2O2/c1-14(2,9-15-3)10-16-13(17)11-5-7-12(18-4)8-6-11/h5-8,15H,9-10H2,1-4H3,(H,16,17). The van der Waals surface area contributed by atoms with Crippen LogP contribution in [0.3, 0.4) is 0 Å². The Morgan fingerprint density at radius 2 is 1.83 bits per heavy atom. The maximum atomic E-state index is 11.9. The number of hydrogen-bond donors (Lipinski definition) is 2. The normalized spacial score (nSPS) is 11.1. The van der Waals surface area contributed by atoms with E-state index < -0.39 is 0 Å². The Morgan fingerprint density at radius 1 is 1.22 bits per heavy atom. The minimum absolute atomic E-state index is 0.0386. The van der Waals surface area contributed by atoms with Crippen LogP contribution < -0.4 is 15.4 Å². The van der Waals surface area contributed by atoms with Gasteiger partial charge in [0.05, 0.1) is 7.11 Å². The van der Waals surface area contributed by atoms with Crippen molar-refractivity contribution in [1.29, 1.82) is 0 Å². The van der Waals surface area contributed by atoms with Crippen LogP contribution in [0.15, 0.2) is 24.3 Å². The summed E-state index contributed by atoms with van der Waals surface area (Å²) in [6.07, 6.45) is 0. The number of nitrogens with one attached hydrogen (secondary N) is 2. The van der Waals surface area contributed by atoms with Crippen molar-refractivity contribution in [3.8, 4) is 5.75 Å². The molecule has 0 spiro atoms.